The maximum absolute atomic E-state index is 5.95. The van der Waals surface area contributed by atoms with Gasteiger partial charge in [0.25, 0.3) is 0 Å². The van der Waals surface area contributed by atoms with E-state index in [2.05, 4.69) is 68.4 Å². The molecule has 0 aliphatic rings. The molecule has 0 spiro atoms. The van der Waals surface area contributed by atoms with Gasteiger partial charge in [0, 0.05) is 6.54 Å². The largest absolute Gasteiger partial charge is 0.326 e. The lowest BCUT2D eigenvalue weighted by Gasteiger charge is -2.14. The zero-order valence-electron chi connectivity index (χ0n) is 12.0. The summed E-state index contributed by atoms with van der Waals surface area (Å²) in [6.07, 6.45) is 0. The van der Waals surface area contributed by atoms with E-state index in [1.807, 2.05) is 0 Å². The zero-order chi connectivity index (χ0) is 14.1. The van der Waals surface area contributed by atoms with E-state index in [1.54, 1.807) is 0 Å². The molecular formula is C19H19N. The second-order valence-corrected chi connectivity index (χ2v) is 5.32. The summed E-state index contributed by atoms with van der Waals surface area (Å²) in [7, 11) is 0. The van der Waals surface area contributed by atoms with Crippen molar-refractivity contribution >= 4 is 10.8 Å². The van der Waals surface area contributed by atoms with Gasteiger partial charge in [-0.1, -0.05) is 48.5 Å². The maximum Gasteiger partial charge on any atom is 0.0186 e. The van der Waals surface area contributed by atoms with Crippen LogP contribution in [0.25, 0.3) is 21.9 Å². The average Bonchev–Trinajstić information content (AvgIpc) is 2.46. The summed E-state index contributed by atoms with van der Waals surface area (Å²) >= 11 is 0. The van der Waals surface area contributed by atoms with Crippen molar-refractivity contribution in [3.8, 4) is 11.1 Å². The fourth-order valence-corrected chi connectivity index (χ4v) is 2.87. The van der Waals surface area contributed by atoms with Crippen LogP contribution in [0.15, 0.2) is 54.6 Å². The molecule has 0 aliphatic heterocycles. The van der Waals surface area contributed by atoms with E-state index in [1.165, 1.54) is 38.6 Å². The van der Waals surface area contributed by atoms with Crippen LogP contribution in [0.5, 0.6) is 0 Å². The van der Waals surface area contributed by atoms with Gasteiger partial charge < -0.3 is 5.73 Å². The van der Waals surface area contributed by atoms with Crippen molar-refractivity contribution < 1.29 is 0 Å². The summed E-state index contributed by atoms with van der Waals surface area (Å²) in [5.74, 6) is 0. The molecule has 0 atom stereocenters. The molecule has 0 unspecified atom stereocenters. The molecule has 3 rings (SSSR count). The first-order valence-electron chi connectivity index (χ1n) is 6.99. The van der Waals surface area contributed by atoms with Crippen LogP contribution in [0.1, 0.15) is 16.7 Å². The molecule has 0 aromatic heterocycles. The van der Waals surface area contributed by atoms with Gasteiger partial charge in [-0.3, -0.25) is 0 Å². The molecule has 1 heteroatoms. The third-order valence-electron chi connectivity index (χ3n) is 4.00. The van der Waals surface area contributed by atoms with E-state index in [0.29, 0.717) is 6.54 Å². The van der Waals surface area contributed by atoms with Gasteiger partial charge in [0.2, 0.25) is 0 Å². The number of aryl methyl sites for hydroxylation is 2. The minimum atomic E-state index is 0.578. The van der Waals surface area contributed by atoms with Crippen LogP contribution in [-0.2, 0) is 6.54 Å². The van der Waals surface area contributed by atoms with E-state index in [4.69, 9.17) is 5.73 Å². The Balaban J connectivity index is 2.29. The van der Waals surface area contributed by atoms with Crippen LogP contribution >= 0.6 is 0 Å². The van der Waals surface area contributed by atoms with Crippen LogP contribution in [0.3, 0.4) is 0 Å². The molecule has 0 aliphatic carbocycles. The fraction of sp³-hybridized carbons (Fsp3) is 0.158. The van der Waals surface area contributed by atoms with Gasteiger partial charge in [-0.15, -0.1) is 0 Å². The van der Waals surface area contributed by atoms with E-state index < -0.39 is 0 Å². The minimum Gasteiger partial charge on any atom is -0.326 e. The number of nitrogens with two attached hydrogens (primary N) is 1. The second kappa shape index (κ2) is 5.10. The Bertz CT molecular complexity index is 772. The number of benzene rings is 3. The lowest BCUT2D eigenvalue weighted by molar-refractivity contribution is 1.05. The van der Waals surface area contributed by atoms with Gasteiger partial charge in [-0.25, -0.2) is 0 Å². The Labute approximate surface area is 120 Å². The summed E-state index contributed by atoms with van der Waals surface area (Å²) in [6, 6.07) is 19.4. The summed E-state index contributed by atoms with van der Waals surface area (Å²) in [4.78, 5) is 0. The van der Waals surface area contributed by atoms with E-state index >= 15 is 0 Å². The highest BCUT2D eigenvalue weighted by atomic mass is 14.5. The molecule has 3 aromatic carbocycles. The first-order valence-corrected chi connectivity index (χ1v) is 6.99. The number of rotatable bonds is 2. The Morgan fingerprint density at radius 3 is 2.15 bits per heavy atom. The highest BCUT2D eigenvalue weighted by molar-refractivity contribution is 5.89. The first-order chi connectivity index (χ1) is 9.70. The molecule has 0 radical (unpaired) electrons. The van der Waals surface area contributed by atoms with Crippen molar-refractivity contribution in [2.45, 2.75) is 20.4 Å². The standard InChI is InChI=1S/C19H19N/c1-13-6-5-9-17(19(13)12-20)18-11-16-8-4-3-7-15(16)10-14(18)2/h3-11H,12,20H2,1-2H3. The molecule has 0 saturated heterocycles. The molecule has 0 saturated carbocycles. The van der Waals surface area contributed by atoms with Gasteiger partial charge in [0.05, 0.1) is 0 Å². The number of hydrogen-bond donors (Lipinski definition) is 1. The van der Waals surface area contributed by atoms with Gasteiger partial charge in [-0.2, -0.15) is 0 Å². The van der Waals surface area contributed by atoms with Gasteiger partial charge in [0.1, 0.15) is 0 Å². The minimum absolute atomic E-state index is 0.578. The monoisotopic (exact) mass is 261 g/mol. The molecular weight excluding hydrogens is 242 g/mol. The van der Waals surface area contributed by atoms with Crippen LogP contribution in [0.2, 0.25) is 0 Å². The van der Waals surface area contributed by atoms with Gasteiger partial charge in [0.15, 0.2) is 0 Å². The summed E-state index contributed by atoms with van der Waals surface area (Å²) in [5, 5.41) is 2.56. The molecule has 3 aromatic rings. The maximum atomic E-state index is 5.95. The number of hydrogen-bond acceptors (Lipinski definition) is 1. The Morgan fingerprint density at radius 2 is 1.45 bits per heavy atom. The van der Waals surface area contributed by atoms with E-state index in [-0.39, 0.29) is 0 Å². The van der Waals surface area contributed by atoms with E-state index in [0.717, 1.165) is 0 Å². The zero-order valence-corrected chi connectivity index (χ0v) is 12.0. The predicted molar refractivity (Wildman–Crippen MR) is 86.7 cm³/mol. The Hall–Kier alpha value is -2.12. The van der Waals surface area contributed by atoms with Crippen LogP contribution < -0.4 is 5.73 Å². The molecule has 0 amide bonds. The third kappa shape index (κ3) is 2.10. The third-order valence-corrected chi connectivity index (χ3v) is 4.00. The quantitative estimate of drug-likeness (QED) is 0.717. The lowest BCUT2D eigenvalue weighted by Crippen LogP contribution is -2.02. The van der Waals surface area contributed by atoms with Gasteiger partial charge >= 0.3 is 0 Å². The second-order valence-electron chi connectivity index (χ2n) is 5.32. The molecule has 1 nitrogen and oxygen atoms in total. The van der Waals surface area contributed by atoms with Crippen LogP contribution in [0.4, 0.5) is 0 Å². The highest BCUT2D eigenvalue weighted by Crippen LogP contribution is 2.31. The summed E-state index contributed by atoms with van der Waals surface area (Å²) in [6.45, 7) is 4.88. The molecule has 100 valence electrons. The van der Waals surface area contributed by atoms with Crippen molar-refractivity contribution in [1.82, 2.24) is 0 Å². The van der Waals surface area contributed by atoms with Crippen LogP contribution in [0, 0.1) is 13.8 Å². The molecule has 0 fully saturated rings. The fourth-order valence-electron chi connectivity index (χ4n) is 2.87. The van der Waals surface area contributed by atoms with Crippen molar-refractivity contribution in [1.29, 1.82) is 0 Å². The molecule has 0 bridgehead atoms. The Kier molecular flexibility index (Phi) is 3.29. The Morgan fingerprint density at radius 1 is 0.750 bits per heavy atom. The normalized spacial score (nSPS) is 10.9. The topological polar surface area (TPSA) is 26.0 Å². The molecule has 2 N–H and O–H groups in total. The molecule has 0 heterocycles. The smallest absolute Gasteiger partial charge is 0.0186 e. The van der Waals surface area contributed by atoms with Gasteiger partial charge in [-0.05, 0) is 58.5 Å². The van der Waals surface area contributed by atoms with Crippen molar-refractivity contribution in [3.05, 3.63) is 71.3 Å². The van der Waals surface area contributed by atoms with Crippen LogP contribution in [-0.4, -0.2) is 0 Å². The highest BCUT2D eigenvalue weighted by Gasteiger charge is 2.09. The average molecular weight is 261 g/mol. The summed E-state index contributed by atoms with van der Waals surface area (Å²) < 4.78 is 0. The first kappa shape index (κ1) is 12.9. The summed E-state index contributed by atoms with van der Waals surface area (Å²) in [5.41, 5.74) is 12.3. The lowest BCUT2D eigenvalue weighted by atomic mass is 9.91. The van der Waals surface area contributed by atoms with Crippen molar-refractivity contribution in [2.75, 3.05) is 0 Å². The van der Waals surface area contributed by atoms with E-state index in [9.17, 15) is 0 Å². The van der Waals surface area contributed by atoms with Crippen molar-refractivity contribution in [2.24, 2.45) is 5.73 Å². The SMILES string of the molecule is Cc1cc2ccccc2cc1-c1cccc(C)c1CN. The molecule has 20 heavy (non-hydrogen) atoms. The van der Waals surface area contributed by atoms with Crippen molar-refractivity contribution in [3.63, 3.8) is 0 Å². The predicted octanol–water partition coefficient (Wildman–Crippen LogP) is 4.58. The number of fused-ring (bicyclic) bond motifs is 1.